The summed E-state index contributed by atoms with van der Waals surface area (Å²) in [4.78, 5) is 21.4. The number of hydrogen-bond donors (Lipinski definition) is 1. The molecule has 4 rings (SSSR count). The SMILES string of the molecule is Cc1nc([C@@H]2CCCN(Cc3nn(C)c4cccc(Cl)c34)C2)cc(=O)[nH]1. The van der Waals surface area contributed by atoms with Crippen molar-refractivity contribution < 1.29 is 0 Å². The Morgan fingerprint density at radius 2 is 2.23 bits per heavy atom. The van der Waals surface area contributed by atoms with Crippen LogP contribution in [-0.4, -0.2) is 37.7 Å². The number of aryl methyl sites for hydroxylation is 2. The Bertz CT molecular complexity index is 1010. The predicted molar refractivity (Wildman–Crippen MR) is 103 cm³/mol. The third-order valence-corrected chi connectivity index (χ3v) is 5.39. The number of likely N-dealkylation sites (tertiary alicyclic amines) is 1. The van der Waals surface area contributed by atoms with E-state index in [9.17, 15) is 4.79 Å². The van der Waals surface area contributed by atoms with Gasteiger partial charge in [0, 0.05) is 37.5 Å². The second-order valence-corrected chi connectivity index (χ2v) is 7.44. The van der Waals surface area contributed by atoms with Gasteiger partial charge in [-0.15, -0.1) is 0 Å². The van der Waals surface area contributed by atoms with Crippen molar-refractivity contribution in [1.82, 2.24) is 24.6 Å². The molecule has 1 aliphatic rings. The molecule has 1 aliphatic heterocycles. The molecular weight excluding hydrogens is 350 g/mol. The van der Waals surface area contributed by atoms with Crippen LogP contribution in [0.5, 0.6) is 0 Å². The van der Waals surface area contributed by atoms with Crippen molar-refractivity contribution in [3.8, 4) is 0 Å². The molecule has 1 fully saturated rings. The van der Waals surface area contributed by atoms with Crippen LogP contribution >= 0.6 is 11.6 Å². The van der Waals surface area contributed by atoms with E-state index in [1.54, 1.807) is 6.07 Å². The van der Waals surface area contributed by atoms with Crippen molar-refractivity contribution in [2.75, 3.05) is 13.1 Å². The lowest BCUT2D eigenvalue weighted by molar-refractivity contribution is 0.196. The molecule has 0 radical (unpaired) electrons. The fraction of sp³-hybridized carbons (Fsp3) is 0.421. The molecule has 0 bridgehead atoms. The van der Waals surface area contributed by atoms with Gasteiger partial charge in [0.15, 0.2) is 0 Å². The monoisotopic (exact) mass is 371 g/mol. The third-order valence-electron chi connectivity index (χ3n) is 5.08. The summed E-state index contributed by atoms with van der Waals surface area (Å²) in [5.41, 5.74) is 2.86. The number of nitrogens with zero attached hydrogens (tertiary/aromatic N) is 4. The van der Waals surface area contributed by atoms with E-state index in [2.05, 4.69) is 14.9 Å². The van der Waals surface area contributed by atoms with Crippen LogP contribution < -0.4 is 5.56 Å². The number of nitrogens with one attached hydrogen (secondary N) is 1. The summed E-state index contributed by atoms with van der Waals surface area (Å²) >= 11 is 6.43. The molecule has 0 amide bonds. The Morgan fingerprint density at radius 1 is 1.38 bits per heavy atom. The van der Waals surface area contributed by atoms with Gasteiger partial charge in [0.05, 0.1) is 21.9 Å². The Kier molecular flexibility index (Phi) is 4.54. The summed E-state index contributed by atoms with van der Waals surface area (Å²) in [5, 5.41) is 6.46. The van der Waals surface area contributed by atoms with Gasteiger partial charge in [-0.05, 0) is 38.4 Å². The average molecular weight is 372 g/mol. The van der Waals surface area contributed by atoms with Gasteiger partial charge in [0.25, 0.3) is 5.56 Å². The quantitative estimate of drug-likeness (QED) is 0.768. The fourth-order valence-corrected chi connectivity index (χ4v) is 4.21. The first-order chi connectivity index (χ1) is 12.5. The van der Waals surface area contributed by atoms with E-state index >= 15 is 0 Å². The van der Waals surface area contributed by atoms with E-state index in [0.717, 1.165) is 59.8 Å². The molecule has 0 saturated carbocycles. The van der Waals surface area contributed by atoms with Crippen LogP contribution in [0.2, 0.25) is 5.02 Å². The van der Waals surface area contributed by atoms with Crippen LogP contribution in [-0.2, 0) is 13.6 Å². The zero-order chi connectivity index (χ0) is 18.3. The normalized spacial score (nSPS) is 18.5. The maximum atomic E-state index is 11.8. The van der Waals surface area contributed by atoms with Gasteiger partial charge in [-0.25, -0.2) is 4.98 Å². The molecule has 136 valence electrons. The molecule has 3 aromatic rings. The number of H-pyrrole nitrogens is 1. The number of benzene rings is 1. The number of aromatic amines is 1. The number of rotatable bonds is 3. The highest BCUT2D eigenvalue weighted by molar-refractivity contribution is 6.35. The van der Waals surface area contributed by atoms with Crippen LogP contribution in [0.4, 0.5) is 0 Å². The van der Waals surface area contributed by atoms with Crippen LogP contribution in [0.15, 0.2) is 29.1 Å². The summed E-state index contributed by atoms with van der Waals surface area (Å²) in [5.74, 6) is 0.947. The number of fused-ring (bicyclic) bond motifs is 1. The van der Waals surface area contributed by atoms with E-state index in [4.69, 9.17) is 16.7 Å². The topological polar surface area (TPSA) is 66.8 Å². The lowest BCUT2D eigenvalue weighted by atomic mass is 9.94. The standard InChI is InChI=1S/C19H22ClN5O/c1-12-21-15(9-18(26)22-12)13-5-4-8-25(10-13)11-16-19-14(20)6-3-7-17(19)24(2)23-16/h3,6-7,9,13H,4-5,8,10-11H2,1-2H3,(H,21,22,26)/t13-/m1/s1. The van der Waals surface area contributed by atoms with Crippen molar-refractivity contribution in [2.24, 2.45) is 7.05 Å². The third kappa shape index (κ3) is 3.27. The van der Waals surface area contributed by atoms with Crippen molar-refractivity contribution in [1.29, 1.82) is 0 Å². The van der Waals surface area contributed by atoms with Crippen molar-refractivity contribution in [3.05, 3.63) is 56.9 Å². The van der Waals surface area contributed by atoms with E-state index in [1.807, 2.05) is 36.9 Å². The molecule has 0 aliphatic carbocycles. The smallest absolute Gasteiger partial charge is 0.251 e. The Hall–Kier alpha value is -2.18. The highest BCUT2D eigenvalue weighted by atomic mass is 35.5. The van der Waals surface area contributed by atoms with Gasteiger partial charge in [0.2, 0.25) is 0 Å². The van der Waals surface area contributed by atoms with Gasteiger partial charge in [-0.1, -0.05) is 17.7 Å². The molecule has 26 heavy (non-hydrogen) atoms. The number of halogens is 1. The first kappa shape index (κ1) is 17.2. The van der Waals surface area contributed by atoms with Crippen LogP contribution in [0, 0.1) is 6.92 Å². The highest BCUT2D eigenvalue weighted by Crippen LogP contribution is 2.30. The number of piperidine rings is 1. The van der Waals surface area contributed by atoms with Crippen LogP contribution in [0.1, 0.15) is 36.0 Å². The summed E-state index contributed by atoms with van der Waals surface area (Å²) in [6, 6.07) is 7.54. The molecule has 6 nitrogen and oxygen atoms in total. The highest BCUT2D eigenvalue weighted by Gasteiger charge is 2.24. The lowest BCUT2D eigenvalue weighted by Crippen LogP contribution is -2.35. The first-order valence-corrected chi connectivity index (χ1v) is 9.29. The second kappa shape index (κ2) is 6.85. The van der Waals surface area contributed by atoms with E-state index in [0.29, 0.717) is 5.82 Å². The molecule has 0 spiro atoms. The predicted octanol–water partition coefficient (Wildman–Crippen LogP) is 3.00. The molecule has 2 aromatic heterocycles. The van der Waals surface area contributed by atoms with Gasteiger partial charge in [0.1, 0.15) is 5.82 Å². The van der Waals surface area contributed by atoms with Gasteiger partial charge in [-0.3, -0.25) is 14.4 Å². The molecule has 1 aromatic carbocycles. The summed E-state index contributed by atoms with van der Waals surface area (Å²) in [6.45, 7) is 4.47. The minimum Gasteiger partial charge on any atom is -0.311 e. The summed E-state index contributed by atoms with van der Waals surface area (Å²) < 4.78 is 1.89. The van der Waals surface area contributed by atoms with E-state index in [1.165, 1.54) is 0 Å². The minimum atomic E-state index is -0.0767. The maximum absolute atomic E-state index is 11.8. The average Bonchev–Trinajstić information content (AvgIpc) is 2.91. The van der Waals surface area contributed by atoms with Gasteiger partial charge < -0.3 is 4.98 Å². The Labute approximate surface area is 156 Å². The molecule has 1 N–H and O–H groups in total. The number of aromatic nitrogens is 4. The summed E-state index contributed by atoms with van der Waals surface area (Å²) in [7, 11) is 1.95. The zero-order valence-corrected chi connectivity index (χ0v) is 15.8. The molecule has 1 saturated heterocycles. The first-order valence-electron chi connectivity index (χ1n) is 8.91. The van der Waals surface area contributed by atoms with Gasteiger partial charge in [-0.2, -0.15) is 5.10 Å². The molecule has 1 atom stereocenters. The lowest BCUT2D eigenvalue weighted by Gasteiger charge is -2.32. The largest absolute Gasteiger partial charge is 0.311 e. The zero-order valence-electron chi connectivity index (χ0n) is 15.0. The second-order valence-electron chi connectivity index (χ2n) is 7.03. The van der Waals surface area contributed by atoms with Crippen molar-refractivity contribution in [2.45, 2.75) is 32.2 Å². The fourth-order valence-electron chi connectivity index (χ4n) is 3.93. The Morgan fingerprint density at radius 3 is 3.04 bits per heavy atom. The molecular formula is C19H22ClN5O. The molecule has 0 unspecified atom stereocenters. The molecule has 7 heteroatoms. The van der Waals surface area contributed by atoms with E-state index in [-0.39, 0.29) is 11.5 Å². The molecule has 3 heterocycles. The maximum Gasteiger partial charge on any atom is 0.251 e. The minimum absolute atomic E-state index is 0.0767. The van der Waals surface area contributed by atoms with Crippen LogP contribution in [0.3, 0.4) is 0 Å². The van der Waals surface area contributed by atoms with Crippen LogP contribution in [0.25, 0.3) is 10.9 Å². The van der Waals surface area contributed by atoms with E-state index < -0.39 is 0 Å². The van der Waals surface area contributed by atoms with Crippen molar-refractivity contribution in [3.63, 3.8) is 0 Å². The summed E-state index contributed by atoms with van der Waals surface area (Å²) in [6.07, 6.45) is 2.13. The van der Waals surface area contributed by atoms with Gasteiger partial charge >= 0.3 is 0 Å². The number of hydrogen-bond acceptors (Lipinski definition) is 4. The Balaban J connectivity index is 1.59. The van der Waals surface area contributed by atoms with Crippen molar-refractivity contribution >= 4 is 22.5 Å².